The van der Waals surface area contributed by atoms with Gasteiger partial charge in [-0.1, -0.05) is 6.58 Å². The smallest absolute Gasteiger partial charge is 0.223 e. The topological polar surface area (TPSA) is 71.4 Å². The minimum atomic E-state index is -0.437. The molecule has 0 amide bonds. The van der Waals surface area contributed by atoms with E-state index in [1.165, 1.54) is 17.4 Å². The molecule has 6 nitrogen and oxygen atoms in total. The van der Waals surface area contributed by atoms with Gasteiger partial charge in [-0.05, 0) is 25.0 Å². The monoisotopic (exact) mass is 347 g/mol. The molecule has 8 heteroatoms. The van der Waals surface area contributed by atoms with Crippen LogP contribution in [0.15, 0.2) is 34.8 Å². The van der Waals surface area contributed by atoms with E-state index in [1.807, 2.05) is 12.3 Å². The number of pyridine rings is 1. The molecule has 1 aliphatic heterocycles. The number of ether oxygens (including phenoxy) is 1. The van der Waals surface area contributed by atoms with Gasteiger partial charge in [-0.25, -0.2) is 14.4 Å². The van der Waals surface area contributed by atoms with Crippen LogP contribution in [0.4, 0.5) is 9.52 Å². The Morgan fingerprint density at radius 2 is 2.42 bits per heavy atom. The fourth-order valence-electron chi connectivity index (χ4n) is 2.09. The van der Waals surface area contributed by atoms with E-state index in [1.54, 1.807) is 0 Å². The van der Waals surface area contributed by atoms with Crippen molar-refractivity contribution in [1.29, 1.82) is 0 Å². The summed E-state index contributed by atoms with van der Waals surface area (Å²) in [7, 11) is 0. The Morgan fingerprint density at radius 3 is 3.17 bits per heavy atom. The van der Waals surface area contributed by atoms with E-state index < -0.39 is 5.82 Å². The van der Waals surface area contributed by atoms with Gasteiger partial charge in [0, 0.05) is 18.5 Å². The molecule has 0 saturated heterocycles. The molecule has 0 saturated carbocycles. The van der Waals surface area contributed by atoms with Crippen LogP contribution in [0.1, 0.15) is 13.3 Å². The zero-order valence-electron chi connectivity index (χ0n) is 13.3. The number of rotatable bonds is 5. The van der Waals surface area contributed by atoms with Crippen LogP contribution < -0.4 is 15.4 Å². The van der Waals surface area contributed by atoms with Crippen LogP contribution in [-0.4, -0.2) is 35.6 Å². The molecule has 126 valence electrons. The van der Waals surface area contributed by atoms with Crippen molar-refractivity contribution in [2.75, 3.05) is 25.0 Å². The largest absolute Gasteiger partial charge is 0.473 e. The Morgan fingerprint density at radius 1 is 1.54 bits per heavy atom. The van der Waals surface area contributed by atoms with Crippen molar-refractivity contribution >= 4 is 22.4 Å². The van der Waals surface area contributed by atoms with E-state index in [4.69, 9.17) is 4.74 Å². The highest BCUT2D eigenvalue weighted by atomic mass is 32.1. The summed E-state index contributed by atoms with van der Waals surface area (Å²) in [6.07, 6.45) is 2.15. The lowest BCUT2D eigenvalue weighted by Crippen LogP contribution is -2.35. The second-order valence-electron chi connectivity index (χ2n) is 5.43. The number of guanidine groups is 1. The standard InChI is InChI=1S/C16H18FN5OS/c1-10(2)8-23-14-12(6-11(17)7-20-14)13-9-24-16(21-13)22-15-18-4-3-5-19-15/h6-7,9H,1,3-5,8H2,2H3,(H2,18,19,21,22). The molecule has 0 bridgehead atoms. The molecule has 1 aliphatic rings. The quantitative estimate of drug-likeness (QED) is 0.814. The maximum Gasteiger partial charge on any atom is 0.223 e. The maximum absolute atomic E-state index is 13.6. The lowest BCUT2D eigenvalue weighted by molar-refractivity contribution is 0.339. The summed E-state index contributed by atoms with van der Waals surface area (Å²) in [6, 6.07) is 1.37. The third-order valence-electron chi connectivity index (χ3n) is 3.18. The first kappa shape index (κ1) is 16.4. The van der Waals surface area contributed by atoms with E-state index >= 15 is 0 Å². The molecular weight excluding hydrogens is 329 g/mol. The summed E-state index contributed by atoms with van der Waals surface area (Å²) in [4.78, 5) is 12.8. The molecule has 2 aromatic heterocycles. The number of halogens is 1. The predicted octanol–water partition coefficient (Wildman–Crippen LogP) is 3.06. The molecule has 0 fully saturated rings. The van der Waals surface area contributed by atoms with Gasteiger partial charge >= 0.3 is 0 Å². The van der Waals surface area contributed by atoms with Crippen molar-refractivity contribution in [3.63, 3.8) is 0 Å². The molecule has 0 aliphatic carbocycles. The van der Waals surface area contributed by atoms with Crippen LogP contribution >= 0.6 is 11.3 Å². The minimum Gasteiger partial charge on any atom is -0.473 e. The fraction of sp³-hybridized carbons (Fsp3) is 0.312. The van der Waals surface area contributed by atoms with Crippen LogP contribution in [-0.2, 0) is 0 Å². The Balaban J connectivity index is 1.82. The third-order valence-corrected chi connectivity index (χ3v) is 3.93. The highest BCUT2D eigenvalue weighted by Gasteiger charge is 2.14. The van der Waals surface area contributed by atoms with Crippen LogP contribution in [0.3, 0.4) is 0 Å². The highest BCUT2D eigenvalue weighted by molar-refractivity contribution is 7.14. The zero-order chi connectivity index (χ0) is 16.9. The first-order valence-corrected chi connectivity index (χ1v) is 8.44. The van der Waals surface area contributed by atoms with E-state index in [2.05, 4.69) is 32.2 Å². The lowest BCUT2D eigenvalue weighted by Gasteiger charge is -2.14. The van der Waals surface area contributed by atoms with Gasteiger partial charge in [-0.3, -0.25) is 4.99 Å². The second kappa shape index (κ2) is 7.39. The molecule has 0 aromatic carbocycles. The van der Waals surface area contributed by atoms with Crippen LogP contribution in [0.5, 0.6) is 5.88 Å². The summed E-state index contributed by atoms with van der Waals surface area (Å²) in [5, 5.41) is 8.80. The fourth-order valence-corrected chi connectivity index (χ4v) is 2.80. The second-order valence-corrected chi connectivity index (χ2v) is 6.28. The summed E-state index contributed by atoms with van der Waals surface area (Å²) in [5.74, 6) is 0.608. The van der Waals surface area contributed by atoms with Crippen LogP contribution in [0, 0.1) is 5.82 Å². The third kappa shape index (κ3) is 4.08. The van der Waals surface area contributed by atoms with Crippen molar-refractivity contribution in [3.8, 4) is 17.1 Å². The van der Waals surface area contributed by atoms with Gasteiger partial charge in [0.2, 0.25) is 5.88 Å². The Labute approximate surface area is 143 Å². The van der Waals surface area contributed by atoms with E-state index in [9.17, 15) is 4.39 Å². The Kier molecular flexibility index (Phi) is 5.05. The molecule has 24 heavy (non-hydrogen) atoms. The van der Waals surface area contributed by atoms with Crippen molar-refractivity contribution in [3.05, 3.63) is 35.6 Å². The van der Waals surface area contributed by atoms with Gasteiger partial charge in [0.25, 0.3) is 0 Å². The summed E-state index contributed by atoms with van der Waals surface area (Å²) >= 11 is 1.41. The van der Waals surface area contributed by atoms with Crippen molar-refractivity contribution < 1.29 is 9.13 Å². The van der Waals surface area contributed by atoms with Gasteiger partial charge in [0.1, 0.15) is 12.4 Å². The van der Waals surface area contributed by atoms with Gasteiger partial charge < -0.3 is 15.4 Å². The molecule has 2 N–H and O–H groups in total. The zero-order valence-corrected chi connectivity index (χ0v) is 14.1. The number of aromatic nitrogens is 2. The molecule has 2 aromatic rings. The van der Waals surface area contributed by atoms with E-state index in [0.717, 1.165) is 31.3 Å². The van der Waals surface area contributed by atoms with Gasteiger partial charge in [0.15, 0.2) is 11.1 Å². The van der Waals surface area contributed by atoms with Crippen molar-refractivity contribution in [1.82, 2.24) is 15.3 Å². The SMILES string of the molecule is C=C(C)COc1ncc(F)cc1-c1csc(NC2=NCCCN2)n1. The number of aliphatic imine (C=N–C) groups is 1. The molecule has 3 heterocycles. The maximum atomic E-state index is 13.6. The number of hydrogen-bond acceptors (Lipinski definition) is 7. The van der Waals surface area contributed by atoms with Gasteiger partial charge in [0.05, 0.1) is 17.5 Å². The van der Waals surface area contributed by atoms with Crippen LogP contribution in [0.2, 0.25) is 0 Å². The van der Waals surface area contributed by atoms with Gasteiger partial charge in [-0.2, -0.15) is 0 Å². The number of nitrogens with one attached hydrogen (secondary N) is 2. The number of hydrogen-bond donors (Lipinski definition) is 2. The average Bonchev–Trinajstić information content (AvgIpc) is 3.03. The Hall–Kier alpha value is -2.48. The predicted molar refractivity (Wildman–Crippen MR) is 94.2 cm³/mol. The first-order chi connectivity index (χ1) is 11.6. The highest BCUT2D eigenvalue weighted by Crippen LogP contribution is 2.31. The summed E-state index contributed by atoms with van der Waals surface area (Å²) < 4.78 is 19.2. The normalized spacial score (nSPS) is 13.8. The van der Waals surface area contributed by atoms with Crippen molar-refractivity contribution in [2.45, 2.75) is 13.3 Å². The number of anilines is 1. The number of nitrogens with zero attached hydrogens (tertiary/aromatic N) is 3. The summed E-state index contributed by atoms with van der Waals surface area (Å²) in [6.45, 7) is 7.64. The summed E-state index contributed by atoms with van der Waals surface area (Å²) in [5.41, 5.74) is 1.97. The molecule has 0 radical (unpaired) electrons. The molecule has 0 unspecified atom stereocenters. The molecule has 3 rings (SSSR count). The van der Waals surface area contributed by atoms with Crippen molar-refractivity contribution in [2.24, 2.45) is 4.99 Å². The number of thiazole rings is 1. The van der Waals surface area contributed by atoms with E-state index in [0.29, 0.717) is 34.8 Å². The lowest BCUT2D eigenvalue weighted by atomic mass is 10.2. The minimum absolute atomic E-state index is 0.321. The van der Waals surface area contributed by atoms with Gasteiger partial charge in [-0.15, -0.1) is 11.3 Å². The molecule has 0 atom stereocenters. The van der Waals surface area contributed by atoms with Crippen LogP contribution in [0.25, 0.3) is 11.3 Å². The first-order valence-electron chi connectivity index (χ1n) is 7.56. The average molecular weight is 347 g/mol. The molecular formula is C16H18FN5OS. The van der Waals surface area contributed by atoms with E-state index in [-0.39, 0.29) is 0 Å². The Bertz CT molecular complexity index is 774. The molecule has 0 spiro atoms.